The van der Waals surface area contributed by atoms with Crippen LogP contribution >= 0.6 is 22.6 Å². The fraction of sp³-hybridized carbons (Fsp3) is 0.417. The lowest BCUT2D eigenvalue weighted by molar-refractivity contribution is 0.0559. The smallest absolute Gasteiger partial charge is 0.341 e. The second kappa shape index (κ2) is 5.86. The molecule has 1 aromatic carbocycles. The van der Waals surface area contributed by atoms with Gasteiger partial charge in [0.05, 0.1) is 16.5 Å². The zero-order chi connectivity index (χ0) is 13.1. The van der Waals surface area contributed by atoms with Crippen LogP contribution in [0.5, 0.6) is 5.75 Å². The van der Waals surface area contributed by atoms with Crippen molar-refractivity contribution in [3.63, 3.8) is 0 Å². The number of rotatable bonds is 3. The summed E-state index contributed by atoms with van der Waals surface area (Å²) >= 11 is 2.18. The van der Waals surface area contributed by atoms with E-state index in [0.717, 1.165) is 3.57 Å². The predicted octanol–water partition coefficient (Wildman–Crippen LogP) is 2.75. The standard InChI is InChI=1S/C12H14IO3Si/c1-12(2,3)16-10-6-8(13)4-5-9(10)11(14)15-7-17/h4-6H,7H2,1-3H3. The maximum atomic E-state index is 11.7. The first-order valence-corrected chi connectivity index (χ1v) is 6.92. The molecule has 1 rings (SSSR count). The van der Waals surface area contributed by atoms with Crippen LogP contribution in [-0.2, 0) is 4.74 Å². The van der Waals surface area contributed by atoms with Gasteiger partial charge < -0.3 is 9.47 Å². The molecule has 0 bridgehead atoms. The Bertz CT molecular complexity index is 413. The molecule has 0 aromatic heterocycles. The number of hydrogen-bond acceptors (Lipinski definition) is 3. The Kier molecular flexibility index (Phi) is 5.00. The minimum atomic E-state index is -0.393. The second-order valence-electron chi connectivity index (χ2n) is 4.43. The zero-order valence-corrected chi connectivity index (χ0v) is 13.2. The van der Waals surface area contributed by atoms with Crippen LogP contribution in [0.15, 0.2) is 18.2 Å². The highest BCUT2D eigenvalue weighted by Crippen LogP contribution is 2.26. The highest BCUT2D eigenvalue weighted by atomic mass is 127. The number of halogens is 1. The summed E-state index contributed by atoms with van der Waals surface area (Å²) in [4.78, 5) is 11.7. The number of esters is 1. The molecule has 0 fully saturated rings. The van der Waals surface area contributed by atoms with E-state index < -0.39 is 5.97 Å². The van der Waals surface area contributed by atoms with Gasteiger partial charge in [0.15, 0.2) is 0 Å². The van der Waals surface area contributed by atoms with Gasteiger partial charge in [0.1, 0.15) is 16.9 Å². The van der Waals surface area contributed by atoms with E-state index in [0.29, 0.717) is 11.3 Å². The molecule has 0 heterocycles. The first-order chi connectivity index (χ1) is 7.83. The molecule has 0 aliphatic carbocycles. The lowest BCUT2D eigenvalue weighted by Gasteiger charge is -2.23. The van der Waals surface area contributed by atoms with Crippen molar-refractivity contribution >= 4 is 38.8 Å². The van der Waals surface area contributed by atoms with Crippen molar-refractivity contribution in [1.82, 2.24) is 0 Å². The maximum absolute atomic E-state index is 11.7. The number of ether oxygens (including phenoxy) is 2. The lowest BCUT2D eigenvalue weighted by Crippen LogP contribution is -2.24. The molecule has 1 aromatic rings. The molecule has 0 N–H and O–H groups in total. The van der Waals surface area contributed by atoms with Gasteiger partial charge in [0.25, 0.3) is 0 Å². The van der Waals surface area contributed by atoms with Crippen LogP contribution in [0.2, 0.25) is 0 Å². The summed E-state index contributed by atoms with van der Waals surface area (Å²) in [6, 6.07) is 5.39. The lowest BCUT2D eigenvalue weighted by atomic mass is 10.1. The average molecular weight is 361 g/mol. The van der Waals surface area contributed by atoms with Gasteiger partial charge in [-0.15, -0.1) is 0 Å². The average Bonchev–Trinajstić information content (AvgIpc) is 2.15. The third-order valence-corrected chi connectivity index (χ3v) is 2.60. The molecular weight excluding hydrogens is 347 g/mol. The van der Waals surface area contributed by atoms with E-state index in [1.807, 2.05) is 32.9 Å². The van der Waals surface area contributed by atoms with Gasteiger partial charge >= 0.3 is 5.97 Å². The topological polar surface area (TPSA) is 35.5 Å². The van der Waals surface area contributed by atoms with Gasteiger partial charge in [0, 0.05) is 3.57 Å². The summed E-state index contributed by atoms with van der Waals surface area (Å²) in [6.07, 6.45) is 0.166. The Labute approximate surface area is 118 Å². The Morgan fingerprint density at radius 3 is 2.59 bits per heavy atom. The predicted molar refractivity (Wildman–Crippen MR) is 75.6 cm³/mol. The molecule has 0 saturated carbocycles. The number of carbonyl (C=O) groups excluding carboxylic acids is 1. The molecule has 0 amide bonds. The summed E-state index contributed by atoms with van der Waals surface area (Å²) < 4.78 is 11.7. The van der Waals surface area contributed by atoms with Crippen LogP contribution in [0.4, 0.5) is 0 Å². The van der Waals surface area contributed by atoms with Crippen LogP contribution in [-0.4, -0.2) is 28.0 Å². The third kappa shape index (κ3) is 4.67. The Hall–Kier alpha value is -0.563. The summed E-state index contributed by atoms with van der Waals surface area (Å²) in [7, 11) is 3.11. The first kappa shape index (κ1) is 14.5. The molecule has 0 aliphatic heterocycles. The number of hydrogen-bond donors (Lipinski definition) is 0. The largest absolute Gasteiger partial charge is 0.487 e. The van der Waals surface area contributed by atoms with E-state index >= 15 is 0 Å². The van der Waals surface area contributed by atoms with Gasteiger partial charge in [-0.1, -0.05) is 0 Å². The van der Waals surface area contributed by atoms with E-state index in [1.54, 1.807) is 6.07 Å². The summed E-state index contributed by atoms with van der Waals surface area (Å²) in [5.74, 6) is 0.158. The number of carbonyl (C=O) groups is 1. The van der Waals surface area contributed by atoms with Gasteiger partial charge in [-0.05, 0) is 61.6 Å². The zero-order valence-electron chi connectivity index (χ0n) is 10.0. The molecule has 0 atom stereocenters. The van der Waals surface area contributed by atoms with E-state index in [9.17, 15) is 4.79 Å². The van der Waals surface area contributed by atoms with Gasteiger partial charge in [-0.2, -0.15) is 0 Å². The molecule has 0 spiro atoms. The molecule has 3 radical (unpaired) electrons. The van der Waals surface area contributed by atoms with Crippen LogP contribution in [0, 0.1) is 3.57 Å². The van der Waals surface area contributed by atoms with E-state index in [4.69, 9.17) is 9.47 Å². The van der Waals surface area contributed by atoms with E-state index in [2.05, 4.69) is 32.8 Å². The molecule has 0 unspecified atom stereocenters. The minimum absolute atomic E-state index is 0.166. The summed E-state index contributed by atoms with van der Waals surface area (Å²) in [5.41, 5.74) is 0.0894. The quantitative estimate of drug-likeness (QED) is 0.472. The fourth-order valence-electron chi connectivity index (χ4n) is 1.22. The molecule has 5 heteroatoms. The maximum Gasteiger partial charge on any atom is 0.341 e. The van der Waals surface area contributed by atoms with E-state index in [-0.39, 0.29) is 11.8 Å². The highest BCUT2D eigenvalue weighted by Gasteiger charge is 2.19. The van der Waals surface area contributed by atoms with Crippen molar-refractivity contribution in [2.24, 2.45) is 0 Å². The van der Waals surface area contributed by atoms with Gasteiger partial charge in [-0.3, -0.25) is 0 Å². The molecule has 17 heavy (non-hydrogen) atoms. The van der Waals surface area contributed by atoms with Gasteiger partial charge in [-0.25, -0.2) is 4.79 Å². The highest BCUT2D eigenvalue weighted by molar-refractivity contribution is 14.1. The second-order valence-corrected chi connectivity index (χ2v) is 5.97. The van der Waals surface area contributed by atoms with E-state index in [1.165, 1.54) is 0 Å². The molecule has 3 nitrogen and oxygen atoms in total. The SMILES string of the molecule is CC(C)(C)Oc1cc(I)ccc1C(=O)OC[Si]. The molecule has 0 saturated heterocycles. The number of benzene rings is 1. The Morgan fingerprint density at radius 1 is 1.41 bits per heavy atom. The van der Waals surface area contributed by atoms with Crippen molar-refractivity contribution in [1.29, 1.82) is 0 Å². The summed E-state index contributed by atoms with van der Waals surface area (Å²) in [6.45, 7) is 5.81. The molecule has 0 aliphatic rings. The van der Waals surface area contributed by atoms with Crippen LogP contribution in [0.1, 0.15) is 31.1 Å². The van der Waals surface area contributed by atoms with Crippen molar-refractivity contribution in [2.75, 3.05) is 6.23 Å². The van der Waals surface area contributed by atoms with Crippen molar-refractivity contribution in [3.05, 3.63) is 27.3 Å². The van der Waals surface area contributed by atoms with Crippen molar-refractivity contribution in [2.45, 2.75) is 26.4 Å². The Balaban J connectivity index is 3.08. The van der Waals surface area contributed by atoms with Crippen molar-refractivity contribution < 1.29 is 14.3 Å². The van der Waals surface area contributed by atoms with Gasteiger partial charge in [0.2, 0.25) is 0 Å². The summed E-state index contributed by atoms with van der Waals surface area (Å²) in [5, 5.41) is 0. The van der Waals surface area contributed by atoms with Crippen LogP contribution in [0.25, 0.3) is 0 Å². The van der Waals surface area contributed by atoms with Crippen LogP contribution < -0.4 is 4.74 Å². The fourth-order valence-corrected chi connectivity index (χ4v) is 1.82. The minimum Gasteiger partial charge on any atom is -0.487 e. The normalized spacial score (nSPS) is 11.1. The van der Waals surface area contributed by atoms with Crippen molar-refractivity contribution in [3.8, 4) is 5.75 Å². The van der Waals surface area contributed by atoms with Crippen LogP contribution in [0.3, 0.4) is 0 Å². The monoisotopic (exact) mass is 361 g/mol. The Morgan fingerprint density at radius 2 is 2.06 bits per heavy atom. The molecule has 91 valence electrons. The molecular formula is C12H14IO3Si. The first-order valence-electron chi connectivity index (χ1n) is 5.14. The third-order valence-electron chi connectivity index (χ3n) is 1.78.